The molecule has 0 bridgehead atoms. The number of hydrogen-bond acceptors (Lipinski definition) is 4. The third-order valence-electron chi connectivity index (χ3n) is 3.76. The smallest absolute Gasteiger partial charge is 0.277 e. The van der Waals surface area contributed by atoms with E-state index in [-0.39, 0.29) is 16.6 Å². The normalized spacial score (nSPS) is 11.0. The fourth-order valence-electron chi connectivity index (χ4n) is 2.61. The Labute approximate surface area is 146 Å². The lowest BCUT2D eigenvalue weighted by Gasteiger charge is -2.10. The third-order valence-corrected chi connectivity index (χ3v) is 3.99. The quantitative estimate of drug-likeness (QED) is 0.595. The SMILES string of the molecule is O=c1[nH]cnc2ccc(-c3cccnc3-c3cc(Cl)ccc3F)nc12. The Morgan fingerprint density at radius 3 is 2.80 bits per heavy atom. The number of nitrogens with zero attached hydrogens (tertiary/aromatic N) is 3. The summed E-state index contributed by atoms with van der Waals surface area (Å²) in [5.41, 5.74) is 2.10. The Balaban J connectivity index is 1.97. The van der Waals surface area contributed by atoms with Gasteiger partial charge in [-0.05, 0) is 42.5 Å². The molecule has 1 aromatic carbocycles. The summed E-state index contributed by atoms with van der Waals surface area (Å²) in [7, 11) is 0. The molecule has 0 aliphatic carbocycles. The summed E-state index contributed by atoms with van der Waals surface area (Å²) < 4.78 is 14.3. The number of aromatic nitrogens is 4. The summed E-state index contributed by atoms with van der Waals surface area (Å²) in [6.45, 7) is 0. The second kappa shape index (κ2) is 6.07. The molecule has 0 aliphatic rings. The zero-order chi connectivity index (χ0) is 17.4. The molecule has 0 aliphatic heterocycles. The van der Waals surface area contributed by atoms with Crippen LogP contribution in [0.3, 0.4) is 0 Å². The van der Waals surface area contributed by atoms with Crippen molar-refractivity contribution >= 4 is 22.6 Å². The van der Waals surface area contributed by atoms with Crippen LogP contribution in [0.5, 0.6) is 0 Å². The van der Waals surface area contributed by atoms with Gasteiger partial charge in [0.1, 0.15) is 5.82 Å². The summed E-state index contributed by atoms with van der Waals surface area (Å²) in [4.78, 5) is 27.2. The van der Waals surface area contributed by atoms with Crippen molar-refractivity contribution in [3.8, 4) is 22.5 Å². The number of H-pyrrole nitrogens is 1. The molecule has 7 heteroatoms. The first-order valence-electron chi connectivity index (χ1n) is 7.39. The van der Waals surface area contributed by atoms with E-state index < -0.39 is 5.82 Å². The summed E-state index contributed by atoms with van der Waals surface area (Å²) in [6.07, 6.45) is 2.89. The number of nitrogens with one attached hydrogen (secondary N) is 1. The van der Waals surface area contributed by atoms with Crippen LogP contribution in [-0.2, 0) is 0 Å². The molecule has 0 fully saturated rings. The second-order valence-corrected chi connectivity index (χ2v) is 5.76. The highest BCUT2D eigenvalue weighted by Gasteiger charge is 2.15. The minimum Gasteiger partial charge on any atom is -0.311 e. The van der Waals surface area contributed by atoms with E-state index in [1.54, 1.807) is 30.5 Å². The van der Waals surface area contributed by atoms with Gasteiger partial charge in [-0.1, -0.05) is 11.6 Å². The van der Waals surface area contributed by atoms with Gasteiger partial charge < -0.3 is 4.98 Å². The van der Waals surface area contributed by atoms with Crippen molar-refractivity contribution in [2.24, 2.45) is 0 Å². The molecule has 0 atom stereocenters. The molecule has 5 nitrogen and oxygen atoms in total. The molecule has 0 unspecified atom stereocenters. The Morgan fingerprint density at radius 1 is 1.04 bits per heavy atom. The number of benzene rings is 1. The van der Waals surface area contributed by atoms with E-state index in [1.165, 1.54) is 24.5 Å². The van der Waals surface area contributed by atoms with Crippen molar-refractivity contribution in [1.82, 2.24) is 19.9 Å². The molecule has 4 aromatic rings. The lowest BCUT2D eigenvalue weighted by molar-refractivity contribution is 0.631. The molecule has 0 amide bonds. The van der Waals surface area contributed by atoms with Crippen LogP contribution >= 0.6 is 11.6 Å². The summed E-state index contributed by atoms with van der Waals surface area (Å²) in [5.74, 6) is -0.440. The first kappa shape index (κ1) is 15.4. The van der Waals surface area contributed by atoms with Crippen molar-refractivity contribution in [2.75, 3.05) is 0 Å². The number of fused-ring (bicyclic) bond motifs is 1. The van der Waals surface area contributed by atoms with Gasteiger partial charge in [0.15, 0.2) is 5.52 Å². The average Bonchev–Trinajstić information content (AvgIpc) is 2.64. The van der Waals surface area contributed by atoms with Gasteiger partial charge in [0.05, 0.1) is 23.2 Å². The monoisotopic (exact) mass is 352 g/mol. The molecule has 25 heavy (non-hydrogen) atoms. The lowest BCUT2D eigenvalue weighted by Crippen LogP contribution is -2.08. The van der Waals surface area contributed by atoms with Crippen molar-refractivity contribution in [2.45, 2.75) is 0 Å². The van der Waals surface area contributed by atoms with Gasteiger partial charge in [0.25, 0.3) is 5.56 Å². The summed E-state index contributed by atoms with van der Waals surface area (Å²) >= 11 is 6.00. The molecule has 4 rings (SSSR count). The van der Waals surface area contributed by atoms with E-state index in [1.807, 2.05) is 0 Å². The highest BCUT2D eigenvalue weighted by molar-refractivity contribution is 6.30. The second-order valence-electron chi connectivity index (χ2n) is 5.32. The van der Waals surface area contributed by atoms with Gasteiger partial charge in [-0.2, -0.15) is 0 Å². The van der Waals surface area contributed by atoms with Crippen molar-refractivity contribution in [3.05, 3.63) is 76.2 Å². The standard InChI is InChI=1S/C18H10ClFN4O/c19-10-3-4-13(20)12(8-10)16-11(2-1-7-21-16)14-5-6-15-17(24-14)18(25)23-9-22-15/h1-9H,(H,22,23,25). The first-order valence-corrected chi connectivity index (χ1v) is 7.76. The molecule has 3 aromatic heterocycles. The van der Waals surface area contributed by atoms with Crippen LogP contribution in [0.15, 0.2) is 59.8 Å². The highest BCUT2D eigenvalue weighted by Crippen LogP contribution is 2.32. The van der Waals surface area contributed by atoms with Crippen molar-refractivity contribution in [3.63, 3.8) is 0 Å². The van der Waals surface area contributed by atoms with Crippen LogP contribution in [0, 0.1) is 5.82 Å². The molecule has 0 saturated heterocycles. The van der Waals surface area contributed by atoms with E-state index in [9.17, 15) is 9.18 Å². The highest BCUT2D eigenvalue weighted by atomic mass is 35.5. The van der Waals surface area contributed by atoms with Crippen molar-refractivity contribution in [1.29, 1.82) is 0 Å². The predicted molar refractivity (Wildman–Crippen MR) is 93.8 cm³/mol. The van der Waals surface area contributed by atoms with E-state index >= 15 is 0 Å². The van der Waals surface area contributed by atoms with E-state index in [2.05, 4.69) is 19.9 Å². The maximum atomic E-state index is 14.3. The van der Waals surface area contributed by atoms with Crippen molar-refractivity contribution < 1.29 is 4.39 Å². The fourth-order valence-corrected chi connectivity index (χ4v) is 2.78. The number of hydrogen-bond donors (Lipinski definition) is 1. The van der Waals surface area contributed by atoms with Crippen LogP contribution in [0.25, 0.3) is 33.5 Å². The zero-order valence-electron chi connectivity index (χ0n) is 12.7. The number of aromatic amines is 1. The maximum absolute atomic E-state index is 14.3. The molecule has 3 heterocycles. The maximum Gasteiger partial charge on any atom is 0.277 e. The number of rotatable bonds is 2. The van der Waals surface area contributed by atoms with Gasteiger partial charge in [0, 0.05) is 22.3 Å². The number of pyridine rings is 2. The van der Waals surface area contributed by atoms with E-state index in [0.717, 1.165) is 0 Å². The van der Waals surface area contributed by atoms with Gasteiger partial charge in [-0.25, -0.2) is 14.4 Å². The number of halogens is 2. The summed E-state index contributed by atoms with van der Waals surface area (Å²) in [6, 6.07) is 11.2. The Kier molecular flexibility index (Phi) is 3.74. The molecular weight excluding hydrogens is 343 g/mol. The van der Waals surface area contributed by atoms with E-state index in [4.69, 9.17) is 11.6 Å². The largest absolute Gasteiger partial charge is 0.311 e. The van der Waals surface area contributed by atoms with Crippen LogP contribution in [0.1, 0.15) is 0 Å². The van der Waals surface area contributed by atoms with Crippen LogP contribution < -0.4 is 5.56 Å². The average molecular weight is 353 g/mol. The van der Waals surface area contributed by atoms with Crippen LogP contribution in [-0.4, -0.2) is 19.9 Å². The lowest BCUT2D eigenvalue weighted by atomic mass is 10.0. The minimum absolute atomic E-state index is 0.210. The van der Waals surface area contributed by atoms with Gasteiger partial charge in [-0.3, -0.25) is 9.78 Å². The Hall–Kier alpha value is -3.12. The zero-order valence-corrected chi connectivity index (χ0v) is 13.5. The molecule has 0 radical (unpaired) electrons. The van der Waals surface area contributed by atoms with Crippen LogP contribution in [0.2, 0.25) is 5.02 Å². The minimum atomic E-state index is -0.440. The molecule has 0 saturated carbocycles. The molecule has 0 spiro atoms. The Bertz CT molecular complexity index is 1160. The van der Waals surface area contributed by atoms with E-state index in [0.29, 0.717) is 27.5 Å². The third kappa shape index (κ3) is 2.77. The predicted octanol–water partition coefficient (Wildman–Crippen LogP) is 3.84. The fraction of sp³-hybridized carbons (Fsp3) is 0. The van der Waals surface area contributed by atoms with Gasteiger partial charge in [-0.15, -0.1) is 0 Å². The Morgan fingerprint density at radius 2 is 1.92 bits per heavy atom. The molecule has 122 valence electrons. The first-order chi connectivity index (χ1) is 12.1. The topological polar surface area (TPSA) is 71.5 Å². The summed E-state index contributed by atoms with van der Waals surface area (Å²) in [5, 5.41) is 0.403. The van der Waals surface area contributed by atoms with Gasteiger partial charge >= 0.3 is 0 Å². The molecular formula is C18H10ClFN4O. The van der Waals surface area contributed by atoms with Gasteiger partial charge in [0.2, 0.25) is 0 Å². The molecule has 1 N–H and O–H groups in total. The van der Waals surface area contributed by atoms with Crippen LogP contribution in [0.4, 0.5) is 4.39 Å².